The lowest BCUT2D eigenvalue weighted by molar-refractivity contribution is -0.159. The highest BCUT2D eigenvalue weighted by Gasteiger charge is 2.42. The van der Waals surface area contributed by atoms with Crippen molar-refractivity contribution in [3.05, 3.63) is 0 Å². The monoisotopic (exact) mass is 590 g/mol. The summed E-state index contributed by atoms with van der Waals surface area (Å²) in [5.41, 5.74) is 1.97. The molecule has 0 saturated carbocycles. The molecule has 3 atom stereocenters. The van der Waals surface area contributed by atoms with E-state index in [1.54, 1.807) is 0 Å². The normalized spacial score (nSPS) is 19.4. The van der Waals surface area contributed by atoms with Crippen molar-refractivity contribution >= 4 is 41.9 Å². The van der Waals surface area contributed by atoms with Gasteiger partial charge in [-0.1, -0.05) is 6.42 Å². The maximum atomic E-state index is 12.0. The number of nitrogens with one attached hydrogen (secondary N) is 4. The molecule has 2 rings (SSSR count). The van der Waals surface area contributed by atoms with Crippen LogP contribution in [0.1, 0.15) is 44.9 Å². The first-order valence-corrected chi connectivity index (χ1v) is 14.7. The second kappa shape index (κ2) is 21.3. The van der Waals surface area contributed by atoms with E-state index in [1.807, 2.05) is 17.2 Å². The molecule has 4 N–H and O–H groups in total. The topological polar surface area (TPSA) is 180 Å². The van der Waals surface area contributed by atoms with Crippen LogP contribution in [0.25, 0.3) is 0 Å². The first-order valence-electron chi connectivity index (χ1n) is 13.7. The molecule has 2 aliphatic heterocycles. The van der Waals surface area contributed by atoms with E-state index in [0.29, 0.717) is 70.7 Å². The van der Waals surface area contributed by atoms with Gasteiger partial charge in [0.1, 0.15) is 6.29 Å². The Balaban J connectivity index is 1.26. The number of carbonyl (C=O) groups is 5. The molecular formula is C25H42N4O10S. The highest BCUT2D eigenvalue weighted by atomic mass is 32.2. The number of amides is 4. The molecular weight excluding hydrogens is 548 g/mol. The molecule has 2 aliphatic rings. The maximum absolute atomic E-state index is 12.0. The number of hydrogen-bond donors (Lipinski definition) is 4. The first kappa shape index (κ1) is 33.7. The van der Waals surface area contributed by atoms with Gasteiger partial charge in [-0.3, -0.25) is 9.59 Å². The predicted molar refractivity (Wildman–Crippen MR) is 144 cm³/mol. The lowest BCUT2D eigenvalue weighted by atomic mass is 10.0. The van der Waals surface area contributed by atoms with Crippen LogP contribution in [0.4, 0.5) is 4.79 Å². The van der Waals surface area contributed by atoms with Crippen molar-refractivity contribution in [2.75, 3.05) is 65.2 Å². The maximum Gasteiger partial charge on any atom is 0.334 e. The lowest BCUT2D eigenvalue weighted by Gasteiger charge is -2.16. The van der Waals surface area contributed by atoms with Crippen molar-refractivity contribution in [3.63, 3.8) is 0 Å². The zero-order chi connectivity index (χ0) is 28.8. The van der Waals surface area contributed by atoms with Crippen LogP contribution in [0.2, 0.25) is 0 Å². The molecule has 2 heterocycles. The Kier molecular flexibility index (Phi) is 18.0. The number of fused-ring (bicyclic) bond motifs is 1. The molecule has 15 heteroatoms. The molecule has 0 radical (unpaired) electrons. The van der Waals surface area contributed by atoms with Gasteiger partial charge in [-0.2, -0.15) is 17.2 Å². The van der Waals surface area contributed by atoms with E-state index in [1.165, 1.54) is 0 Å². The Morgan fingerprint density at radius 3 is 2.23 bits per heavy atom. The van der Waals surface area contributed by atoms with E-state index in [2.05, 4.69) is 20.8 Å². The van der Waals surface area contributed by atoms with E-state index in [4.69, 9.17) is 18.9 Å². The van der Waals surface area contributed by atoms with Gasteiger partial charge < -0.3 is 44.5 Å². The summed E-state index contributed by atoms with van der Waals surface area (Å²) >= 11 is 1.89. The highest BCUT2D eigenvalue weighted by Crippen LogP contribution is 2.33. The summed E-state index contributed by atoms with van der Waals surface area (Å²) in [4.78, 5) is 60.7. The van der Waals surface area contributed by atoms with Crippen molar-refractivity contribution < 1.29 is 47.8 Å². The molecule has 2 saturated heterocycles. The molecule has 3 unspecified atom stereocenters. The van der Waals surface area contributed by atoms with Crippen LogP contribution in [0.3, 0.4) is 0 Å². The van der Waals surface area contributed by atoms with Gasteiger partial charge in [-0.15, -0.1) is 0 Å². The summed E-state index contributed by atoms with van der Waals surface area (Å²) in [7, 11) is 0. The quantitative estimate of drug-likeness (QED) is 0.0538. The van der Waals surface area contributed by atoms with Gasteiger partial charge in [0.2, 0.25) is 5.91 Å². The summed E-state index contributed by atoms with van der Waals surface area (Å²) < 4.78 is 21.5. The minimum absolute atomic E-state index is 0.0182. The van der Waals surface area contributed by atoms with E-state index in [9.17, 15) is 24.0 Å². The minimum atomic E-state index is -0.637. The molecule has 40 heavy (non-hydrogen) atoms. The van der Waals surface area contributed by atoms with Gasteiger partial charge in [-0.25, -0.2) is 9.59 Å². The predicted octanol–water partition coefficient (Wildman–Crippen LogP) is -0.162. The van der Waals surface area contributed by atoms with Gasteiger partial charge in [0.05, 0.1) is 71.4 Å². The molecule has 0 aromatic carbocycles. The number of hydrogen-bond acceptors (Lipinski definition) is 11. The average Bonchev–Trinajstić information content (AvgIpc) is 3.49. The fourth-order valence-corrected chi connectivity index (χ4v) is 5.49. The van der Waals surface area contributed by atoms with Crippen molar-refractivity contribution in [3.8, 4) is 0 Å². The fraction of sp³-hybridized carbons (Fsp3) is 0.800. The van der Waals surface area contributed by atoms with Crippen LogP contribution in [0.5, 0.6) is 0 Å². The van der Waals surface area contributed by atoms with E-state index < -0.39 is 11.9 Å². The molecule has 0 bridgehead atoms. The second-order valence-electron chi connectivity index (χ2n) is 9.12. The van der Waals surface area contributed by atoms with Gasteiger partial charge in [-0.05, 0) is 12.8 Å². The number of rotatable bonds is 23. The summed E-state index contributed by atoms with van der Waals surface area (Å²) in [6.45, 7) is 3.26. The third-order valence-corrected chi connectivity index (χ3v) is 7.49. The Morgan fingerprint density at radius 1 is 0.850 bits per heavy atom. The molecule has 0 spiro atoms. The van der Waals surface area contributed by atoms with Crippen LogP contribution >= 0.6 is 11.8 Å². The third kappa shape index (κ3) is 15.4. The Morgan fingerprint density at radius 2 is 1.52 bits per heavy atom. The third-order valence-electron chi connectivity index (χ3n) is 5.98. The fourth-order valence-electron chi connectivity index (χ4n) is 3.95. The number of urea groups is 1. The Hall–Kier alpha value is -2.46. The molecule has 0 aromatic heterocycles. The van der Waals surface area contributed by atoms with Gasteiger partial charge in [0.25, 0.3) is 5.91 Å². The van der Waals surface area contributed by atoms with Crippen LogP contribution in [-0.2, 0) is 43.0 Å². The number of thioether (sulfide) groups is 1. The second-order valence-corrected chi connectivity index (χ2v) is 10.4. The van der Waals surface area contributed by atoms with Crippen LogP contribution in [0, 0.1) is 0 Å². The van der Waals surface area contributed by atoms with Crippen molar-refractivity contribution in [1.29, 1.82) is 0 Å². The molecule has 2 fully saturated rings. The molecule has 0 aromatic rings. The SMILES string of the molecule is O=CCCC(=O)NOC(=O)CCOCCOCCOCCOCCNC(=O)CCCCC1SCC2NC(=O)NC21. The Bertz CT molecular complexity index is 791. The zero-order valence-corrected chi connectivity index (χ0v) is 23.6. The summed E-state index contributed by atoms with van der Waals surface area (Å²) in [6, 6.07) is 0.373. The van der Waals surface area contributed by atoms with Crippen LogP contribution in [-0.4, -0.2) is 113 Å². The Labute approximate surface area is 238 Å². The number of hydroxylamine groups is 1. The molecule has 14 nitrogen and oxygen atoms in total. The van der Waals surface area contributed by atoms with Gasteiger partial charge in [0, 0.05) is 36.8 Å². The summed E-state index contributed by atoms with van der Waals surface area (Å²) in [5, 5.41) is 9.20. The summed E-state index contributed by atoms with van der Waals surface area (Å²) in [6.07, 6.45) is 3.88. The van der Waals surface area contributed by atoms with Crippen LogP contribution in [0.15, 0.2) is 0 Å². The first-order chi connectivity index (χ1) is 19.5. The van der Waals surface area contributed by atoms with E-state index >= 15 is 0 Å². The molecule has 0 aliphatic carbocycles. The lowest BCUT2D eigenvalue weighted by Crippen LogP contribution is -2.36. The van der Waals surface area contributed by atoms with E-state index in [0.717, 1.165) is 25.0 Å². The van der Waals surface area contributed by atoms with Crippen molar-refractivity contribution in [2.24, 2.45) is 0 Å². The minimum Gasteiger partial charge on any atom is -0.378 e. The van der Waals surface area contributed by atoms with Crippen LogP contribution < -0.4 is 21.4 Å². The van der Waals surface area contributed by atoms with Crippen molar-refractivity contribution in [2.45, 2.75) is 62.3 Å². The summed E-state index contributed by atoms with van der Waals surface area (Å²) in [5.74, 6) is -0.210. The van der Waals surface area contributed by atoms with E-state index in [-0.39, 0.29) is 49.9 Å². The number of aldehydes is 1. The number of unbranched alkanes of at least 4 members (excludes halogenated alkanes) is 1. The molecule has 228 valence electrons. The smallest absolute Gasteiger partial charge is 0.334 e. The average molecular weight is 591 g/mol. The van der Waals surface area contributed by atoms with Gasteiger partial charge >= 0.3 is 12.0 Å². The zero-order valence-electron chi connectivity index (χ0n) is 22.8. The largest absolute Gasteiger partial charge is 0.378 e. The number of carbonyl (C=O) groups excluding carboxylic acids is 5. The highest BCUT2D eigenvalue weighted by molar-refractivity contribution is 8.00. The number of ether oxygens (including phenoxy) is 4. The standard InChI is InChI=1S/C25H42N4O10S/c30-9-3-6-22(32)29-39-23(33)7-10-35-12-14-37-16-17-38-15-13-36-11-8-26-21(31)5-2-1-4-20-24-19(18-40-20)27-25(34)28-24/h9,19-20,24H,1-8,10-18H2,(H,26,31)(H,29,32)(H2,27,28,34). The van der Waals surface area contributed by atoms with Gasteiger partial charge in [0.15, 0.2) is 0 Å². The molecule has 4 amide bonds. The van der Waals surface area contributed by atoms with Crippen molar-refractivity contribution in [1.82, 2.24) is 21.4 Å².